The summed E-state index contributed by atoms with van der Waals surface area (Å²) in [6, 6.07) is 11.4. The van der Waals surface area contributed by atoms with Gasteiger partial charge in [-0.15, -0.1) is 0 Å². The standard InChI is InChI=1S/C51H98N.BrH/c1-4-7-10-13-16-19-22-25-28-31-34-40-47-52(50-43-46-51-44-38-37-39-45-51,48-41-35-32-29-26-23-20-17-14-11-8-5-2)49-42-36-33-30-27-24-21-18-15-12-9-6-3;/h37-39,44-45H,4-36,40-43,46-50H2,1-3H3;1H/q+1;/p-1. The van der Waals surface area contributed by atoms with Gasteiger partial charge in [0.25, 0.3) is 0 Å². The number of aryl methyl sites for hydroxylation is 1. The van der Waals surface area contributed by atoms with Gasteiger partial charge < -0.3 is 21.5 Å². The van der Waals surface area contributed by atoms with Crippen LogP contribution in [0.5, 0.6) is 0 Å². The summed E-state index contributed by atoms with van der Waals surface area (Å²) in [5, 5.41) is 0. The first-order valence-electron chi connectivity index (χ1n) is 24.7. The van der Waals surface area contributed by atoms with Gasteiger partial charge in [0, 0.05) is 6.42 Å². The van der Waals surface area contributed by atoms with Crippen LogP contribution in [0, 0.1) is 0 Å². The van der Waals surface area contributed by atoms with E-state index in [-0.39, 0.29) is 17.0 Å². The highest BCUT2D eigenvalue weighted by atomic mass is 79.9. The summed E-state index contributed by atoms with van der Waals surface area (Å²) < 4.78 is 1.43. The molecule has 0 aliphatic rings. The van der Waals surface area contributed by atoms with Crippen molar-refractivity contribution in [3.8, 4) is 0 Å². The van der Waals surface area contributed by atoms with Gasteiger partial charge in [-0.1, -0.05) is 244 Å². The number of quaternary nitrogens is 1. The van der Waals surface area contributed by atoms with Crippen molar-refractivity contribution >= 4 is 0 Å². The number of halogens is 1. The van der Waals surface area contributed by atoms with Gasteiger partial charge in [-0.2, -0.15) is 0 Å². The third kappa shape index (κ3) is 35.8. The highest BCUT2D eigenvalue weighted by Crippen LogP contribution is 2.21. The van der Waals surface area contributed by atoms with Crippen molar-refractivity contribution in [3.05, 3.63) is 35.9 Å². The fourth-order valence-electron chi connectivity index (χ4n) is 8.80. The summed E-state index contributed by atoms with van der Waals surface area (Å²) in [5.74, 6) is 0. The summed E-state index contributed by atoms with van der Waals surface area (Å²) in [6.45, 7) is 12.7. The fraction of sp³-hybridized carbons (Fsp3) is 0.882. The zero-order chi connectivity index (χ0) is 37.3. The molecule has 0 N–H and O–H groups in total. The van der Waals surface area contributed by atoms with E-state index in [0.717, 1.165) is 0 Å². The minimum atomic E-state index is 0. The van der Waals surface area contributed by atoms with Crippen molar-refractivity contribution in [2.75, 3.05) is 26.2 Å². The Hall–Kier alpha value is -0.340. The van der Waals surface area contributed by atoms with Gasteiger partial charge in [0.1, 0.15) is 0 Å². The third-order valence-electron chi connectivity index (χ3n) is 12.4. The minimum absolute atomic E-state index is 0. The molecule has 0 aliphatic carbocycles. The highest BCUT2D eigenvalue weighted by Gasteiger charge is 2.26. The number of unbranched alkanes of at least 4 members (excludes halogenated alkanes) is 33. The van der Waals surface area contributed by atoms with Crippen LogP contribution in [0.1, 0.15) is 264 Å². The van der Waals surface area contributed by atoms with E-state index in [4.69, 9.17) is 0 Å². The van der Waals surface area contributed by atoms with Crippen LogP contribution in [-0.2, 0) is 6.42 Å². The maximum atomic E-state index is 2.36. The van der Waals surface area contributed by atoms with Crippen LogP contribution < -0.4 is 17.0 Å². The Morgan fingerprint density at radius 2 is 0.509 bits per heavy atom. The van der Waals surface area contributed by atoms with Gasteiger partial charge in [-0.05, 0) is 50.5 Å². The van der Waals surface area contributed by atoms with Gasteiger partial charge in [0.15, 0.2) is 0 Å². The highest BCUT2D eigenvalue weighted by molar-refractivity contribution is 5.14. The van der Waals surface area contributed by atoms with Gasteiger partial charge in [-0.3, -0.25) is 0 Å². The normalized spacial score (nSPS) is 11.7. The summed E-state index contributed by atoms with van der Waals surface area (Å²) in [7, 11) is 0. The Morgan fingerprint density at radius 3 is 0.774 bits per heavy atom. The molecule has 1 aromatic rings. The summed E-state index contributed by atoms with van der Waals surface area (Å²) in [5.41, 5.74) is 1.54. The monoisotopic (exact) mass is 804 g/mol. The average molecular weight is 805 g/mol. The zero-order valence-electron chi connectivity index (χ0n) is 36.9. The quantitative estimate of drug-likeness (QED) is 0.0456. The first kappa shape index (κ1) is 52.7. The molecule has 0 saturated carbocycles. The molecule has 0 unspecified atom stereocenters. The average Bonchev–Trinajstić information content (AvgIpc) is 3.16. The third-order valence-corrected chi connectivity index (χ3v) is 12.4. The van der Waals surface area contributed by atoms with Gasteiger partial charge in [-0.25, -0.2) is 0 Å². The molecule has 1 aromatic carbocycles. The second-order valence-corrected chi connectivity index (χ2v) is 17.5. The van der Waals surface area contributed by atoms with E-state index in [1.807, 2.05) is 0 Å². The van der Waals surface area contributed by atoms with E-state index >= 15 is 0 Å². The SMILES string of the molecule is CCCCCCCCCCCCCC[N+](CCCCCCCCCCCCCC)(CCCCCCCCCCCCCC)CCCc1ccccc1.[Br-]. The fourth-order valence-corrected chi connectivity index (χ4v) is 8.80. The minimum Gasteiger partial charge on any atom is -1.00 e. The molecule has 0 heterocycles. The number of nitrogens with zero attached hydrogens (tertiary/aromatic N) is 1. The first-order valence-corrected chi connectivity index (χ1v) is 24.7. The molecule has 2 heteroatoms. The van der Waals surface area contributed by atoms with Crippen molar-refractivity contribution in [2.24, 2.45) is 0 Å². The molecule has 0 aromatic heterocycles. The maximum Gasteiger partial charge on any atom is 0.0789 e. The van der Waals surface area contributed by atoms with Crippen molar-refractivity contribution in [1.29, 1.82) is 0 Å². The smallest absolute Gasteiger partial charge is 0.0789 e. The lowest BCUT2D eigenvalue weighted by Gasteiger charge is -2.40. The molecular formula is C51H98BrN. The number of rotatable bonds is 43. The Bertz CT molecular complexity index is 723. The van der Waals surface area contributed by atoms with Crippen molar-refractivity contribution in [1.82, 2.24) is 0 Å². The number of hydrogen-bond acceptors (Lipinski definition) is 0. The van der Waals surface area contributed by atoms with E-state index < -0.39 is 0 Å². The lowest BCUT2D eigenvalue weighted by atomic mass is 10.0. The predicted octanol–water partition coefficient (Wildman–Crippen LogP) is 14.5. The van der Waals surface area contributed by atoms with E-state index in [1.54, 1.807) is 5.56 Å². The van der Waals surface area contributed by atoms with E-state index in [2.05, 4.69) is 51.1 Å². The van der Waals surface area contributed by atoms with E-state index in [9.17, 15) is 0 Å². The van der Waals surface area contributed by atoms with E-state index in [1.165, 1.54) is 275 Å². The predicted molar refractivity (Wildman–Crippen MR) is 238 cm³/mol. The van der Waals surface area contributed by atoms with Crippen LogP contribution >= 0.6 is 0 Å². The van der Waals surface area contributed by atoms with Crippen LogP contribution in [0.25, 0.3) is 0 Å². The molecule has 0 radical (unpaired) electrons. The van der Waals surface area contributed by atoms with Crippen LogP contribution in [0.3, 0.4) is 0 Å². The topological polar surface area (TPSA) is 0 Å². The Kier molecular flexibility index (Phi) is 42.5. The summed E-state index contributed by atoms with van der Waals surface area (Å²) in [6.07, 6.45) is 55.1. The van der Waals surface area contributed by atoms with Gasteiger partial charge in [0.05, 0.1) is 26.2 Å². The maximum absolute atomic E-state index is 2.36. The molecule has 314 valence electrons. The van der Waals surface area contributed by atoms with Crippen LogP contribution in [0.4, 0.5) is 0 Å². The molecule has 53 heavy (non-hydrogen) atoms. The van der Waals surface area contributed by atoms with Gasteiger partial charge >= 0.3 is 0 Å². The molecule has 1 nitrogen and oxygen atoms in total. The second-order valence-electron chi connectivity index (χ2n) is 17.5. The van der Waals surface area contributed by atoms with Crippen LogP contribution in [-0.4, -0.2) is 30.7 Å². The largest absolute Gasteiger partial charge is 1.00 e. The lowest BCUT2D eigenvalue weighted by molar-refractivity contribution is -0.929. The number of benzene rings is 1. The lowest BCUT2D eigenvalue weighted by Crippen LogP contribution is -3.00. The Morgan fingerprint density at radius 1 is 0.283 bits per heavy atom. The molecule has 0 saturated heterocycles. The first-order chi connectivity index (χ1) is 25.8. The van der Waals surface area contributed by atoms with Crippen molar-refractivity contribution in [3.63, 3.8) is 0 Å². The molecule has 0 aliphatic heterocycles. The summed E-state index contributed by atoms with van der Waals surface area (Å²) >= 11 is 0. The van der Waals surface area contributed by atoms with Crippen LogP contribution in [0.2, 0.25) is 0 Å². The second kappa shape index (κ2) is 42.8. The van der Waals surface area contributed by atoms with Crippen molar-refractivity contribution < 1.29 is 21.5 Å². The van der Waals surface area contributed by atoms with Gasteiger partial charge in [0.2, 0.25) is 0 Å². The molecule has 0 bridgehead atoms. The molecule has 0 amide bonds. The molecule has 1 rings (SSSR count). The Balaban J connectivity index is 0.0000270. The van der Waals surface area contributed by atoms with E-state index in [0.29, 0.717) is 0 Å². The molecule has 0 spiro atoms. The van der Waals surface area contributed by atoms with Crippen molar-refractivity contribution in [2.45, 2.75) is 265 Å². The number of hydrogen-bond donors (Lipinski definition) is 0. The summed E-state index contributed by atoms with van der Waals surface area (Å²) in [4.78, 5) is 0. The molecular weight excluding hydrogens is 706 g/mol. The van der Waals surface area contributed by atoms with Crippen LogP contribution in [0.15, 0.2) is 30.3 Å². The zero-order valence-corrected chi connectivity index (χ0v) is 38.5. The molecule has 0 atom stereocenters. The Labute approximate surface area is 346 Å². The molecule has 0 fully saturated rings.